The Kier molecular flexibility index (Phi) is 4.05. The molecule has 0 unspecified atom stereocenters. The molecule has 2 rings (SSSR count). The topological polar surface area (TPSA) is 42.4 Å². The number of aryl methyl sites for hydroxylation is 1. The van der Waals surface area contributed by atoms with Gasteiger partial charge in [0.2, 0.25) is 0 Å². The fourth-order valence-corrected chi connectivity index (χ4v) is 2.07. The molecular weight excluding hydrogens is 224 g/mol. The fraction of sp³-hybridized carbons (Fsp3) is 0.333. The van der Waals surface area contributed by atoms with Gasteiger partial charge in [0.1, 0.15) is 5.76 Å². The largest absolute Gasteiger partial charge is 0.467 e. The van der Waals surface area contributed by atoms with E-state index < -0.39 is 0 Å². The van der Waals surface area contributed by atoms with Crippen molar-refractivity contribution >= 4 is 5.69 Å². The van der Waals surface area contributed by atoms with Gasteiger partial charge in [-0.25, -0.2) is 0 Å². The standard InChI is InChI=1S/C15H20N2O/c1-3-17(14-6-4-5-12(2)9-14)11-15-13(10-16)7-8-18-15/h4-9H,3,10-11,16H2,1-2H3. The molecule has 1 heterocycles. The first-order valence-corrected chi connectivity index (χ1v) is 6.31. The number of hydrogen-bond acceptors (Lipinski definition) is 3. The maximum absolute atomic E-state index is 5.70. The smallest absolute Gasteiger partial charge is 0.127 e. The highest BCUT2D eigenvalue weighted by molar-refractivity contribution is 5.48. The van der Waals surface area contributed by atoms with Crippen LogP contribution in [0.1, 0.15) is 23.8 Å². The molecule has 96 valence electrons. The summed E-state index contributed by atoms with van der Waals surface area (Å²) in [6.45, 7) is 6.48. The van der Waals surface area contributed by atoms with E-state index in [4.69, 9.17) is 10.2 Å². The third-order valence-corrected chi connectivity index (χ3v) is 3.14. The lowest BCUT2D eigenvalue weighted by molar-refractivity contribution is 0.499. The summed E-state index contributed by atoms with van der Waals surface area (Å²) >= 11 is 0. The van der Waals surface area contributed by atoms with Crippen LogP contribution < -0.4 is 10.6 Å². The molecule has 0 atom stereocenters. The fourth-order valence-electron chi connectivity index (χ4n) is 2.07. The molecule has 3 nitrogen and oxygen atoms in total. The normalized spacial score (nSPS) is 10.6. The van der Waals surface area contributed by atoms with Gasteiger partial charge in [-0.05, 0) is 37.6 Å². The Morgan fingerprint density at radius 3 is 2.78 bits per heavy atom. The Bertz CT molecular complexity index is 505. The molecule has 0 fully saturated rings. The van der Waals surface area contributed by atoms with Gasteiger partial charge < -0.3 is 15.1 Å². The van der Waals surface area contributed by atoms with Crippen molar-refractivity contribution in [3.8, 4) is 0 Å². The second-order valence-corrected chi connectivity index (χ2v) is 4.43. The van der Waals surface area contributed by atoms with Gasteiger partial charge in [0.15, 0.2) is 0 Å². The Morgan fingerprint density at radius 1 is 1.28 bits per heavy atom. The first-order chi connectivity index (χ1) is 8.74. The molecule has 1 aromatic carbocycles. The van der Waals surface area contributed by atoms with Crippen molar-refractivity contribution in [2.24, 2.45) is 5.73 Å². The van der Waals surface area contributed by atoms with Gasteiger partial charge in [0, 0.05) is 24.3 Å². The van der Waals surface area contributed by atoms with Gasteiger partial charge in [-0.3, -0.25) is 0 Å². The number of anilines is 1. The number of furan rings is 1. The van der Waals surface area contributed by atoms with Crippen LogP contribution in [0.2, 0.25) is 0 Å². The van der Waals surface area contributed by atoms with Crippen LogP contribution in [0.25, 0.3) is 0 Å². The van der Waals surface area contributed by atoms with Crippen LogP contribution in [0.5, 0.6) is 0 Å². The van der Waals surface area contributed by atoms with Crippen LogP contribution >= 0.6 is 0 Å². The minimum absolute atomic E-state index is 0.525. The van der Waals surface area contributed by atoms with Crippen LogP contribution in [0.4, 0.5) is 5.69 Å². The predicted molar refractivity (Wildman–Crippen MR) is 74.5 cm³/mol. The summed E-state index contributed by atoms with van der Waals surface area (Å²) in [7, 11) is 0. The second-order valence-electron chi connectivity index (χ2n) is 4.43. The van der Waals surface area contributed by atoms with Crippen molar-refractivity contribution < 1.29 is 4.42 Å². The second kappa shape index (κ2) is 5.74. The van der Waals surface area contributed by atoms with Crippen LogP contribution in [-0.2, 0) is 13.1 Å². The molecule has 2 N–H and O–H groups in total. The highest BCUT2D eigenvalue weighted by Gasteiger charge is 2.10. The maximum Gasteiger partial charge on any atom is 0.127 e. The van der Waals surface area contributed by atoms with Crippen LogP contribution in [0.3, 0.4) is 0 Å². The Labute approximate surface area is 108 Å². The molecule has 0 saturated carbocycles. The van der Waals surface area contributed by atoms with Gasteiger partial charge in [-0.2, -0.15) is 0 Å². The minimum Gasteiger partial charge on any atom is -0.467 e. The van der Waals surface area contributed by atoms with E-state index in [9.17, 15) is 0 Å². The zero-order valence-corrected chi connectivity index (χ0v) is 11.0. The molecule has 0 spiro atoms. The molecule has 0 bridgehead atoms. The van der Waals surface area contributed by atoms with Crippen molar-refractivity contribution in [1.29, 1.82) is 0 Å². The van der Waals surface area contributed by atoms with E-state index in [-0.39, 0.29) is 0 Å². The summed E-state index contributed by atoms with van der Waals surface area (Å²) in [5.74, 6) is 0.959. The lowest BCUT2D eigenvalue weighted by atomic mass is 10.2. The van der Waals surface area contributed by atoms with Crippen molar-refractivity contribution in [2.75, 3.05) is 11.4 Å². The molecule has 0 amide bonds. The molecule has 18 heavy (non-hydrogen) atoms. The van der Waals surface area contributed by atoms with Crippen molar-refractivity contribution in [3.63, 3.8) is 0 Å². The third-order valence-electron chi connectivity index (χ3n) is 3.14. The molecule has 0 aliphatic rings. The average Bonchev–Trinajstić information content (AvgIpc) is 2.83. The quantitative estimate of drug-likeness (QED) is 0.879. The van der Waals surface area contributed by atoms with Gasteiger partial charge in [-0.1, -0.05) is 12.1 Å². The Hall–Kier alpha value is -1.74. The molecular formula is C15H20N2O. The Morgan fingerprint density at radius 2 is 2.11 bits per heavy atom. The van der Waals surface area contributed by atoms with E-state index >= 15 is 0 Å². The van der Waals surface area contributed by atoms with E-state index in [1.807, 2.05) is 6.07 Å². The molecule has 3 heteroatoms. The first kappa shape index (κ1) is 12.7. The number of rotatable bonds is 5. The van der Waals surface area contributed by atoms with Gasteiger partial charge >= 0.3 is 0 Å². The van der Waals surface area contributed by atoms with Crippen molar-refractivity contribution in [3.05, 3.63) is 53.5 Å². The zero-order valence-electron chi connectivity index (χ0n) is 11.0. The van der Waals surface area contributed by atoms with Crippen molar-refractivity contribution in [2.45, 2.75) is 26.9 Å². The van der Waals surface area contributed by atoms with E-state index in [1.165, 1.54) is 11.3 Å². The summed E-state index contributed by atoms with van der Waals surface area (Å²) in [6.07, 6.45) is 1.71. The van der Waals surface area contributed by atoms with Crippen molar-refractivity contribution in [1.82, 2.24) is 0 Å². The average molecular weight is 244 g/mol. The Balaban J connectivity index is 2.20. The summed E-state index contributed by atoms with van der Waals surface area (Å²) < 4.78 is 5.52. The van der Waals surface area contributed by atoms with E-state index in [0.29, 0.717) is 6.54 Å². The summed E-state index contributed by atoms with van der Waals surface area (Å²) in [5.41, 5.74) is 9.27. The van der Waals surface area contributed by atoms with E-state index in [2.05, 4.69) is 43.0 Å². The summed E-state index contributed by atoms with van der Waals surface area (Å²) in [6, 6.07) is 10.4. The lowest BCUT2D eigenvalue weighted by Crippen LogP contribution is -2.22. The number of benzene rings is 1. The lowest BCUT2D eigenvalue weighted by Gasteiger charge is -2.22. The number of nitrogens with zero attached hydrogens (tertiary/aromatic N) is 1. The van der Waals surface area contributed by atoms with E-state index in [1.54, 1.807) is 6.26 Å². The predicted octanol–water partition coefficient (Wildman–Crippen LogP) is 3.07. The summed E-state index contributed by atoms with van der Waals surface area (Å²) in [5, 5.41) is 0. The van der Waals surface area contributed by atoms with Crippen LogP contribution in [0.15, 0.2) is 41.0 Å². The van der Waals surface area contributed by atoms with Gasteiger partial charge in [-0.15, -0.1) is 0 Å². The number of nitrogens with two attached hydrogens (primary N) is 1. The molecule has 0 aliphatic carbocycles. The highest BCUT2D eigenvalue weighted by atomic mass is 16.3. The summed E-state index contributed by atoms with van der Waals surface area (Å²) in [4.78, 5) is 2.28. The monoisotopic (exact) mass is 244 g/mol. The first-order valence-electron chi connectivity index (χ1n) is 6.31. The molecule has 0 radical (unpaired) electrons. The molecule has 0 saturated heterocycles. The van der Waals surface area contributed by atoms with Gasteiger partial charge in [0.25, 0.3) is 0 Å². The third kappa shape index (κ3) is 2.74. The zero-order chi connectivity index (χ0) is 13.0. The molecule has 2 aromatic rings. The van der Waals surface area contributed by atoms with Crippen LogP contribution in [0, 0.1) is 6.92 Å². The SMILES string of the molecule is CCN(Cc1occc1CN)c1cccc(C)c1. The van der Waals surface area contributed by atoms with Gasteiger partial charge in [0.05, 0.1) is 12.8 Å². The van der Waals surface area contributed by atoms with Crippen LogP contribution in [-0.4, -0.2) is 6.54 Å². The molecule has 0 aliphatic heterocycles. The number of hydrogen-bond donors (Lipinski definition) is 1. The van der Waals surface area contributed by atoms with E-state index in [0.717, 1.165) is 24.4 Å². The molecule has 1 aromatic heterocycles. The highest BCUT2D eigenvalue weighted by Crippen LogP contribution is 2.20. The maximum atomic E-state index is 5.70. The minimum atomic E-state index is 0.525.